The van der Waals surface area contributed by atoms with Gasteiger partial charge in [0.2, 0.25) is 15.9 Å². The number of nitrogens with two attached hydrogens (primary N) is 2. The summed E-state index contributed by atoms with van der Waals surface area (Å²) in [5.41, 5.74) is 11.9. The van der Waals surface area contributed by atoms with Crippen molar-refractivity contribution in [3.63, 3.8) is 0 Å². The van der Waals surface area contributed by atoms with Crippen LogP contribution >= 0.6 is 11.6 Å². The van der Waals surface area contributed by atoms with E-state index in [0.717, 1.165) is 19.4 Å². The number of primary amides is 1. The summed E-state index contributed by atoms with van der Waals surface area (Å²) in [7, 11) is -1.94. The van der Waals surface area contributed by atoms with E-state index in [-0.39, 0.29) is 113 Å². The lowest BCUT2D eigenvalue weighted by Gasteiger charge is -2.37. The highest BCUT2D eigenvalue weighted by Crippen LogP contribution is 2.57. The fourth-order valence-electron chi connectivity index (χ4n) is 9.07. The number of anilines is 2. The number of carbonyl (C=O) groups excluding carboxylic acids is 3. The molecule has 1 spiro atoms. The predicted molar refractivity (Wildman–Crippen MR) is 195 cm³/mol. The molecule has 2 saturated carbocycles. The molecular formula is C36H48ClF2N8O5S+. The smallest absolute Gasteiger partial charge is 0.278 e. The van der Waals surface area contributed by atoms with Crippen molar-refractivity contribution < 1.29 is 36.1 Å². The molecule has 3 aliphatic heterocycles. The van der Waals surface area contributed by atoms with Crippen molar-refractivity contribution >= 4 is 50.9 Å². The van der Waals surface area contributed by atoms with Crippen LogP contribution in [0.4, 0.5) is 20.3 Å². The Balaban J connectivity index is 0.948. The number of nitrogens with one attached hydrogen (secondary N) is 1. The molecule has 288 valence electrons. The molecule has 2 aliphatic carbocycles. The van der Waals surface area contributed by atoms with Gasteiger partial charge in [0.15, 0.2) is 12.6 Å². The Morgan fingerprint density at radius 1 is 1.08 bits per heavy atom. The molecule has 13 nitrogen and oxygen atoms in total. The summed E-state index contributed by atoms with van der Waals surface area (Å²) in [6.45, 7) is 1.88. The van der Waals surface area contributed by atoms with E-state index in [0.29, 0.717) is 31.5 Å². The average Bonchev–Trinajstić information content (AvgIpc) is 3.68. The van der Waals surface area contributed by atoms with Crippen molar-refractivity contribution in [1.29, 1.82) is 0 Å². The van der Waals surface area contributed by atoms with Crippen LogP contribution in [0, 0.1) is 11.3 Å². The lowest BCUT2D eigenvalue weighted by molar-refractivity contribution is -0.906. The SMILES string of the molecule is C[N@+]1(CC(N)=O)CC2(CC2)C[C@H]1C(=O)N[C@H]1CC[C@H](C(F)(F)c2cc(Cl)nc(N3CCN(S(=O)(=O)c4ccc(N5C[C@H](N)CC5=O)cc4)CC3)c2)CC1. The van der Waals surface area contributed by atoms with Gasteiger partial charge in [0.25, 0.3) is 17.7 Å². The van der Waals surface area contributed by atoms with E-state index >= 15 is 8.78 Å². The number of hydrogen-bond donors (Lipinski definition) is 3. The molecule has 3 atom stereocenters. The van der Waals surface area contributed by atoms with Gasteiger partial charge in [-0.2, -0.15) is 4.31 Å². The van der Waals surface area contributed by atoms with Gasteiger partial charge in [-0.25, -0.2) is 22.2 Å². The summed E-state index contributed by atoms with van der Waals surface area (Å²) in [6, 6.07) is 7.81. The summed E-state index contributed by atoms with van der Waals surface area (Å²) < 4.78 is 60.9. The first-order valence-electron chi connectivity index (χ1n) is 18.4. The Bertz CT molecular complexity index is 1870. The molecule has 0 unspecified atom stereocenters. The first kappa shape index (κ1) is 37.9. The minimum absolute atomic E-state index is 0.0761. The van der Waals surface area contributed by atoms with Gasteiger partial charge < -0.3 is 31.1 Å². The molecule has 2 aromatic rings. The van der Waals surface area contributed by atoms with E-state index in [1.54, 1.807) is 21.9 Å². The largest absolute Gasteiger partial charge is 0.365 e. The Labute approximate surface area is 313 Å². The summed E-state index contributed by atoms with van der Waals surface area (Å²) in [6.07, 6.45) is 4.24. The maximum atomic E-state index is 16.1. The predicted octanol–water partition coefficient (Wildman–Crippen LogP) is 2.56. The van der Waals surface area contributed by atoms with Crippen molar-refractivity contribution in [2.75, 3.05) is 62.7 Å². The highest BCUT2D eigenvalue weighted by atomic mass is 35.5. The van der Waals surface area contributed by atoms with E-state index < -0.39 is 27.8 Å². The van der Waals surface area contributed by atoms with E-state index in [4.69, 9.17) is 23.1 Å². The Morgan fingerprint density at radius 2 is 1.74 bits per heavy atom. The molecule has 5 aliphatic rings. The summed E-state index contributed by atoms with van der Waals surface area (Å²) >= 11 is 6.31. The minimum atomic E-state index is -3.85. The molecular weight excluding hydrogens is 730 g/mol. The van der Waals surface area contributed by atoms with E-state index in [9.17, 15) is 22.8 Å². The minimum Gasteiger partial charge on any atom is -0.365 e. The van der Waals surface area contributed by atoms with Crippen LogP contribution in [0.1, 0.15) is 56.9 Å². The number of sulfonamides is 1. The third-order valence-corrected chi connectivity index (χ3v) is 14.2. The zero-order valence-electron chi connectivity index (χ0n) is 29.9. The number of aromatic nitrogens is 1. The quantitative estimate of drug-likeness (QED) is 0.244. The number of alkyl halides is 2. The number of piperazine rings is 1. The van der Waals surface area contributed by atoms with Crippen molar-refractivity contribution in [3.8, 4) is 0 Å². The van der Waals surface area contributed by atoms with Gasteiger partial charge in [-0.1, -0.05) is 11.6 Å². The first-order valence-corrected chi connectivity index (χ1v) is 20.2. The average molecular weight is 778 g/mol. The first-order chi connectivity index (χ1) is 25.0. The second kappa shape index (κ2) is 14.0. The van der Waals surface area contributed by atoms with Gasteiger partial charge in [0, 0.05) is 80.2 Å². The van der Waals surface area contributed by atoms with Gasteiger partial charge >= 0.3 is 0 Å². The molecule has 3 saturated heterocycles. The lowest BCUT2D eigenvalue weighted by Crippen LogP contribution is -2.59. The third-order valence-electron chi connectivity index (χ3n) is 12.1. The van der Waals surface area contributed by atoms with Crippen molar-refractivity contribution in [2.45, 2.75) is 80.3 Å². The third kappa shape index (κ3) is 7.62. The van der Waals surface area contributed by atoms with E-state index in [2.05, 4.69) is 10.3 Å². The molecule has 4 heterocycles. The van der Waals surface area contributed by atoms with Gasteiger partial charge in [0.1, 0.15) is 11.0 Å². The van der Waals surface area contributed by atoms with Crippen LogP contribution in [0.5, 0.6) is 0 Å². The zero-order valence-corrected chi connectivity index (χ0v) is 31.4. The topological polar surface area (TPSA) is 172 Å². The molecule has 1 aromatic carbocycles. The highest BCUT2D eigenvalue weighted by Gasteiger charge is 2.62. The molecule has 53 heavy (non-hydrogen) atoms. The van der Waals surface area contributed by atoms with Crippen molar-refractivity contribution in [2.24, 2.45) is 22.8 Å². The van der Waals surface area contributed by atoms with Crippen molar-refractivity contribution in [3.05, 3.63) is 47.1 Å². The molecule has 0 radical (unpaired) electrons. The number of likely N-dealkylation sites (tertiary alicyclic amines) is 1. The maximum absolute atomic E-state index is 16.1. The maximum Gasteiger partial charge on any atom is 0.278 e. The number of halogens is 3. The number of rotatable bonds is 10. The van der Waals surface area contributed by atoms with Crippen LogP contribution in [-0.2, 0) is 30.3 Å². The van der Waals surface area contributed by atoms with E-state index in [1.807, 2.05) is 7.05 Å². The number of benzene rings is 1. The molecule has 3 amide bonds. The standard InChI is InChI=1S/C36H47ClF2N8O5S/c1-47(21-31(41)48)22-35(10-11-35)19-29(47)34(50)42-26-4-2-23(3-5-26)36(38,39)24-16-30(37)43-32(17-24)44-12-14-45(15-13-44)53(51,52)28-8-6-27(7-9-28)46-20-25(40)18-33(46)49/h6-9,16-17,23,25-26,29H,2-5,10-15,18-22,40H2,1H3,(H2-,41,42,48,50)/p+1/t23-,25-,26-,29+,47+/m1/s1. The molecule has 1 aromatic heterocycles. The Hall–Kier alpha value is -3.44. The monoisotopic (exact) mass is 777 g/mol. The Kier molecular flexibility index (Phi) is 10.0. The van der Waals surface area contributed by atoms with Gasteiger partial charge in [-0.3, -0.25) is 14.4 Å². The summed E-state index contributed by atoms with van der Waals surface area (Å²) in [5, 5.41) is 3.04. The fourth-order valence-corrected chi connectivity index (χ4v) is 10.7. The second-order valence-electron chi connectivity index (χ2n) is 16.1. The van der Waals surface area contributed by atoms with Crippen LogP contribution in [0.25, 0.3) is 0 Å². The number of likely N-dealkylation sites (N-methyl/N-ethyl adjacent to an activating group) is 1. The van der Waals surface area contributed by atoms with Crippen molar-refractivity contribution in [1.82, 2.24) is 14.6 Å². The number of amides is 3. The van der Waals surface area contributed by atoms with Gasteiger partial charge in [-0.05, 0) is 74.9 Å². The number of quaternary nitrogens is 1. The fraction of sp³-hybridized carbons (Fsp3) is 0.611. The van der Waals surface area contributed by atoms with Crippen LogP contribution in [0.3, 0.4) is 0 Å². The van der Waals surface area contributed by atoms with Gasteiger partial charge in [-0.15, -0.1) is 0 Å². The number of pyridine rings is 1. The van der Waals surface area contributed by atoms with Crippen LogP contribution < -0.4 is 26.6 Å². The molecule has 7 rings (SSSR count). The van der Waals surface area contributed by atoms with Crippen LogP contribution in [-0.4, -0.2) is 111 Å². The summed E-state index contributed by atoms with van der Waals surface area (Å²) in [5.74, 6) is -4.60. The molecule has 5 fully saturated rings. The summed E-state index contributed by atoms with van der Waals surface area (Å²) in [4.78, 5) is 45.2. The van der Waals surface area contributed by atoms with Gasteiger partial charge in [0.05, 0.1) is 18.5 Å². The molecule has 5 N–H and O–H groups in total. The number of carbonyl (C=O) groups is 3. The Morgan fingerprint density at radius 3 is 2.32 bits per heavy atom. The second-order valence-corrected chi connectivity index (χ2v) is 18.4. The normalized spacial score (nSPS) is 29.1. The number of hydrogen-bond acceptors (Lipinski definition) is 8. The van der Waals surface area contributed by atoms with E-state index in [1.165, 1.54) is 28.6 Å². The lowest BCUT2D eigenvalue weighted by atomic mass is 9.80. The van der Waals surface area contributed by atoms with Crippen LogP contribution in [0.2, 0.25) is 5.15 Å². The highest BCUT2D eigenvalue weighted by molar-refractivity contribution is 7.89. The van der Waals surface area contributed by atoms with Crippen LogP contribution in [0.15, 0.2) is 41.3 Å². The zero-order chi connectivity index (χ0) is 37.9. The molecule has 0 bridgehead atoms. The number of nitrogens with zero attached hydrogens (tertiary/aromatic N) is 5. The molecule has 17 heteroatoms.